The molecule has 35 heavy (non-hydrogen) atoms. The van der Waals surface area contributed by atoms with Crippen molar-refractivity contribution in [3.63, 3.8) is 0 Å². The third kappa shape index (κ3) is 4.79. The van der Waals surface area contributed by atoms with Gasteiger partial charge in [-0.05, 0) is 48.4 Å². The first kappa shape index (κ1) is 22.7. The molecule has 0 saturated heterocycles. The van der Waals surface area contributed by atoms with Crippen LogP contribution in [0.3, 0.4) is 0 Å². The van der Waals surface area contributed by atoms with Crippen molar-refractivity contribution in [1.82, 2.24) is 10.2 Å². The van der Waals surface area contributed by atoms with E-state index in [9.17, 15) is 9.59 Å². The van der Waals surface area contributed by atoms with Crippen LogP contribution in [0.15, 0.2) is 66.7 Å². The predicted octanol–water partition coefficient (Wildman–Crippen LogP) is 3.95. The van der Waals surface area contributed by atoms with E-state index in [-0.39, 0.29) is 24.8 Å². The zero-order chi connectivity index (χ0) is 24.2. The summed E-state index contributed by atoms with van der Waals surface area (Å²) in [4.78, 5) is 27.7. The second-order valence-electron chi connectivity index (χ2n) is 8.43. The van der Waals surface area contributed by atoms with Crippen LogP contribution in [0.25, 0.3) is 0 Å². The molecule has 2 aliphatic rings. The molecule has 2 amide bonds. The smallest absolute Gasteiger partial charge is 0.256 e. The van der Waals surface area contributed by atoms with Crippen LogP contribution in [-0.2, 0) is 11.3 Å². The van der Waals surface area contributed by atoms with Crippen LogP contribution < -0.4 is 20.1 Å². The molecule has 0 saturated carbocycles. The second-order valence-corrected chi connectivity index (χ2v) is 8.43. The highest BCUT2D eigenvalue weighted by atomic mass is 16.7. The monoisotopic (exact) mass is 473 g/mol. The van der Waals surface area contributed by atoms with E-state index in [4.69, 9.17) is 14.2 Å². The number of carbonyl (C=O) groups is 2. The maximum Gasteiger partial charge on any atom is 0.256 e. The summed E-state index contributed by atoms with van der Waals surface area (Å²) in [5, 5.41) is 6.41. The van der Waals surface area contributed by atoms with E-state index in [2.05, 4.69) is 10.6 Å². The number of benzene rings is 3. The first-order chi connectivity index (χ1) is 17.1. The Morgan fingerprint density at radius 1 is 1.06 bits per heavy atom. The number of fused-ring (bicyclic) bond motifs is 2. The van der Waals surface area contributed by atoms with Gasteiger partial charge in [-0.2, -0.15) is 0 Å². The van der Waals surface area contributed by atoms with Gasteiger partial charge in [0.05, 0.1) is 0 Å². The third-order valence-corrected chi connectivity index (χ3v) is 6.12. The van der Waals surface area contributed by atoms with Crippen molar-refractivity contribution < 1.29 is 23.8 Å². The van der Waals surface area contributed by atoms with Crippen molar-refractivity contribution in [2.75, 3.05) is 32.4 Å². The van der Waals surface area contributed by atoms with Gasteiger partial charge in [-0.25, -0.2) is 0 Å². The molecule has 0 aliphatic carbocycles. The van der Waals surface area contributed by atoms with Gasteiger partial charge < -0.3 is 29.7 Å². The molecule has 3 aromatic carbocycles. The molecule has 8 heteroatoms. The van der Waals surface area contributed by atoms with Crippen molar-refractivity contribution in [3.8, 4) is 11.5 Å². The average molecular weight is 474 g/mol. The minimum absolute atomic E-state index is 0.00757. The van der Waals surface area contributed by atoms with Crippen molar-refractivity contribution in [2.24, 2.45) is 0 Å². The van der Waals surface area contributed by atoms with Crippen LogP contribution >= 0.6 is 0 Å². The van der Waals surface area contributed by atoms with Crippen LogP contribution in [0.5, 0.6) is 11.5 Å². The number of ether oxygens (including phenoxy) is 3. The largest absolute Gasteiger partial charge is 0.454 e. The van der Waals surface area contributed by atoms with Crippen molar-refractivity contribution in [2.45, 2.75) is 19.1 Å². The third-order valence-electron chi connectivity index (χ3n) is 6.12. The molecule has 1 unspecified atom stereocenters. The first-order valence-corrected chi connectivity index (χ1v) is 11.6. The lowest BCUT2D eigenvalue weighted by molar-refractivity contribution is 0.0721. The van der Waals surface area contributed by atoms with Crippen LogP contribution in [-0.4, -0.2) is 43.8 Å². The number of methoxy groups -OCH3 is 1. The molecular weight excluding hydrogens is 446 g/mol. The Bertz CT molecular complexity index is 1240. The quantitative estimate of drug-likeness (QED) is 0.458. The van der Waals surface area contributed by atoms with Gasteiger partial charge in [-0.3, -0.25) is 9.59 Å². The molecule has 2 aliphatic heterocycles. The Morgan fingerprint density at radius 2 is 1.91 bits per heavy atom. The number of carbonyl (C=O) groups excluding carboxylic acids is 2. The van der Waals surface area contributed by atoms with Crippen molar-refractivity contribution in [3.05, 3.63) is 89.0 Å². The van der Waals surface area contributed by atoms with Gasteiger partial charge in [-0.1, -0.05) is 30.3 Å². The van der Waals surface area contributed by atoms with Crippen LogP contribution in [0, 0.1) is 0 Å². The maximum atomic E-state index is 13.0. The van der Waals surface area contributed by atoms with E-state index in [0.717, 1.165) is 23.2 Å². The van der Waals surface area contributed by atoms with Gasteiger partial charge in [0.15, 0.2) is 11.5 Å². The first-order valence-electron chi connectivity index (χ1n) is 11.6. The van der Waals surface area contributed by atoms with Gasteiger partial charge in [0, 0.05) is 49.2 Å². The Morgan fingerprint density at radius 3 is 2.80 bits per heavy atom. The van der Waals surface area contributed by atoms with E-state index < -0.39 is 0 Å². The summed E-state index contributed by atoms with van der Waals surface area (Å²) in [7, 11) is 1.65. The van der Waals surface area contributed by atoms with E-state index >= 15 is 0 Å². The normalized spacial score (nSPS) is 15.7. The van der Waals surface area contributed by atoms with Crippen LogP contribution in [0.2, 0.25) is 0 Å². The van der Waals surface area contributed by atoms with Gasteiger partial charge in [0.2, 0.25) is 6.79 Å². The molecule has 180 valence electrons. The molecule has 0 bridgehead atoms. The standard InChI is InChI=1S/C27H27N3O5/c1-33-13-5-12-30-25(21-8-2-3-9-22(21)27(30)32)29-20-7-4-6-19(15-20)26(31)28-16-18-10-11-23-24(14-18)35-17-34-23/h2-4,6-11,14-15,25,29H,5,12-13,16-17H2,1H3,(H,28,31). The summed E-state index contributed by atoms with van der Waals surface area (Å²) in [5.74, 6) is 1.20. The highest BCUT2D eigenvalue weighted by molar-refractivity contribution is 5.99. The van der Waals surface area contributed by atoms with E-state index in [1.807, 2.05) is 59.5 Å². The molecule has 3 aromatic rings. The Hall–Kier alpha value is -4.04. The fourth-order valence-corrected chi connectivity index (χ4v) is 4.38. The molecule has 0 spiro atoms. The molecule has 1 atom stereocenters. The summed E-state index contributed by atoms with van der Waals surface area (Å²) in [6.07, 6.45) is 0.416. The second kappa shape index (κ2) is 10.1. The minimum atomic E-state index is -0.317. The lowest BCUT2D eigenvalue weighted by atomic mass is 10.1. The number of nitrogens with zero attached hydrogens (tertiary/aromatic N) is 1. The van der Waals surface area contributed by atoms with E-state index in [1.165, 1.54) is 0 Å². The van der Waals surface area contributed by atoms with E-state index in [0.29, 0.717) is 42.3 Å². The van der Waals surface area contributed by atoms with Crippen LogP contribution in [0.4, 0.5) is 5.69 Å². The molecule has 0 radical (unpaired) electrons. The van der Waals surface area contributed by atoms with Crippen LogP contribution in [0.1, 0.15) is 44.4 Å². The van der Waals surface area contributed by atoms with Crippen molar-refractivity contribution >= 4 is 17.5 Å². The topological polar surface area (TPSA) is 89.1 Å². The summed E-state index contributed by atoms with van der Waals surface area (Å²) < 4.78 is 15.9. The molecular formula is C27H27N3O5. The van der Waals surface area contributed by atoms with Gasteiger partial charge in [-0.15, -0.1) is 0 Å². The molecule has 5 rings (SSSR count). The molecule has 2 N–H and O–H groups in total. The fraction of sp³-hybridized carbons (Fsp3) is 0.259. The maximum absolute atomic E-state index is 13.0. The Labute approximate surface area is 203 Å². The van der Waals surface area contributed by atoms with Crippen molar-refractivity contribution in [1.29, 1.82) is 0 Å². The number of nitrogens with one attached hydrogen (secondary N) is 2. The van der Waals surface area contributed by atoms with Gasteiger partial charge in [0.25, 0.3) is 11.8 Å². The average Bonchev–Trinajstić information content (AvgIpc) is 3.46. The zero-order valence-corrected chi connectivity index (χ0v) is 19.5. The SMILES string of the molecule is COCCCN1C(=O)c2ccccc2C1Nc1cccc(C(=O)NCc2ccc3c(c2)OCO3)c1. The predicted molar refractivity (Wildman–Crippen MR) is 131 cm³/mol. The summed E-state index contributed by atoms with van der Waals surface area (Å²) in [6, 6.07) is 20.5. The number of hydrogen-bond donors (Lipinski definition) is 2. The van der Waals surface area contributed by atoms with E-state index in [1.54, 1.807) is 19.2 Å². The molecule has 2 heterocycles. The Kier molecular flexibility index (Phi) is 6.54. The summed E-state index contributed by atoms with van der Waals surface area (Å²) >= 11 is 0. The highest BCUT2D eigenvalue weighted by Gasteiger charge is 2.36. The molecule has 0 aromatic heterocycles. The van der Waals surface area contributed by atoms with Gasteiger partial charge >= 0.3 is 0 Å². The lowest BCUT2D eigenvalue weighted by Gasteiger charge is -2.27. The lowest BCUT2D eigenvalue weighted by Crippen LogP contribution is -2.33. The zero-order valence-electron chi connectivity index (χ0n) is 19.5. The molecule has 8 nitrogen and oxygen atoms in total. The number of amides is 2. The summed E-state index contributed by atoms with van der Waals surface area (Å²) in [6.45, 7) is 1.72. The Balaban J connectivity index is 1.28. The minimum Gasteiger partial charge on any atom is -0.454 e. The fourth-order valence-electron chi connectivity index (χ4n) is 4.38. The highest BCUT2D eigenvalue weighted by Crippen LogP contribution is 2.35. The summed E-state index contributed by atoms with van der Waals surface area (Å²) in [5.41, 5.74) is 3.82. The number of anilines is 1. The number of rotatable bonds is 9. The molecule has 0 fully saturated rings. The number of hydrogen-bond acceptors (Lipinski definition) is 6. The van der Waals surface area contributed by atoms with Gasteiger partial charge in [0.1, 0.15) is 6.17 Å².